The molecule has 2 amide bonds. The van der Waals surface area contributed by atoms with Crippen LogP contribution in [0.3, 0.4) is 0 Å². The second kappa shape index (κ2) is 10.4. The van der Waals surface area contributed by atoms with Crippen LogP contribution in [0, 0.1) is 0 Å². The number of nitrogens with one attached hydrogen (secondary N) is 3. The van der Waals surface area contributed by atoms with E-state index in [1.54, 1.807) is 0 Å². The first kappa shape index (κ1) is 19.7. The summed E-state index contributed by atoms with van der Waals surface area (Å²) in [6.07, 6.45) is 4.15. The first-order chi connectivity index (χ1) is 9.76. The summed E-state index contributed by atoms with van der Waals surface area (Å²) in [4.78, 5) is 22.5. The van der Waals surface area contributed by atoms with Crippen molar-refractivity contribution in [3.05, 3.63) is 0 Å². The van der Waals surface area contributed by atoms with Crippen molar-refractivity contribution in [2.24, 2.45) is 0 Å². The SMILES string of the molecule is CCCC(NC(=O)NCCCCCNC(C)(C)C)C(=O)O. The molecule has 0 aromatic rings. The smallest absolute Gasteiger partial charge is 0.326 e. The number of carbonyl (C=O) groups is 2. The standard InChI is InChI=1S/C15H31N3O3/c1-5-9-12(13(19)20)18-14(21)16-10-7-6-8-11-17-15(2,3)4/h12,17H,5-11H2,1-4H3,(H,19,20)(H2,16,18,21). The van der Waals surface area contributed by atoms with Crippen LogP contribution in [-0.4, -0.2) is 41.8 Å². The molecule has 0 rings (SSSR count). The van der Waals surface area contributed by atoms with E-state index in [4.69, 9.17) is 5.11 Å². The number of carboxylic acid groups (broad SMARTS) is 1. The Balaban J connectivity index is 3.64. The molecule has 1 unspecified atom stereocenters. The third-order valence-electron chi connectivity index (χ3n) is 2.98. The number of carboxylic acids is 1. The van der Waals surface area contributed by atoms with Crippen molar-refractivity contribution < 1.29 is 14.7 Å². The molecule has 0 saturated carbocycles. The lowest BCUT2D eigenvalue weighted by molar-refractivity contribution is -0.139. The quantitative estimate of drug-likeness (QED) is 0.465. The van der Waals surface area contributed by atoms with Crippen molar-refractivity contribution in [3.63, 3.8) is 0 Å². The van der Waals surface area contributed by atoms with Gasteiger partial charge in [0.05, 0.1) is 0 Å². The highest BCUT2D eigenvalue weighted by Crippen LogP contribution is 2.00. The van der Waals surface area contributed by atoms with Crippen molar-refractivity contribution >= 4 is 12.0 Å². The summed E-state index contributed by atoms with van der Waals surface area (Å²) < 4.78 is 0. The summed E-state index contributed by atoms with van der Waals surface area (Å²) in [5, 5.41) is 17.5. The molecule has 4 N–H and O–H groups in total. The Labute approximate surface area is 128 Å². The summed E-state index contributed by atoms with van der Waals surface area (Å²) in [5.41, 5.74) is 0.142. The summed E-state index contributed by atoms with van der Waals surface area (Å²) in [6.45, 7) is 9.82. The van der Waals surface area contributed by atoms with E-state index >= 15 is 0 Å². The topological polar surface area (TPSA) is 90.5 Å². The number of aliphatic carboxylic acids is 1. The van der Waals surface area contributed by atoms with Crippen LogP contribution < -0.4 is 16.0 Å². The molecule has 0 spiro atoms. The highest BCUT2D eigenvalue weighted by Gasteiger charge is 2.18. The Bertz CT molecular complexity index is 314. The molecular weight excluding hydrogens is 270 g/mol. The van der Waals surface area contributed by atoms with Gasteiger partial charge in [-0.1, -0.05) is 19.8 Å². The zero-order valence-corrected chi connectivity index (χ0v) is 13.8. The molecule has 6 nitrogen and oxygen atoms in total. The number of amides is 2. The minimum absolute atomic E-state index is 0.142. The minimum atomic E-state index is -0.986. The third-order valence-corrected chi connectivity index (χ3v) is 2.98. The van der Waals surface area contributed by atoms with Crippen molar-refractivity contribution in [3.8, 4) is 0 Å². The fourth-order valence-electron chi connectivity index (χ4n) is 1.85. The van der Waals surface area contributed by atoms with Gasteiger partial charge >= 0.3 is 12.0 Å². The molecule has 0 saturated heterocycles. The van der Waals surface area contributed by atoms with Crippen LogP contribution in [0.25, 0.3) is 0 Å². The number of hydrogen-bond donors (Lipinski definition) is 4. The van der Waals surface area contributed by atoms with E-state index in [1.165, 1.54) is 0 Å². The first-order valence-electron chi connectivity index (χ1n) is 7.78. The minimum Gasteiger partial charge on any atom is -0.480 e. The van der Waals surface area contributed by atoms with E-state index in [0.717, 1.165) is 32.2 Å². The monoisotopic (exact) mass is 301 g/mol. The van der Waals surface area contributed by atoms with Gasteiger partial charge in [0.25, 0.3) is 0 Å². The van der Waals surface area contributed by atoms with Crippen molar-refractivity contribution in [2.75, 3.05) is 13.1 Å². The van der Waals surface area contributed by atoms with E-state index in [1.807, 2.05) is 6.92 Å². The number of urea groups is 1. The molecule has 0 radical (unpaired) electrons. The van der Waals surface area contributed by atoms with Crippen LogP contribution in [0.5, 0.6) is 0 Å². The van der Waals surface area contributed by atoms with Crippen LogP contribution in [0.2, 0.25) is 0 Å². The molecule has 0 bridgehead atoms. The lowest BCUT2D eigenvalue weighted by Gasteiger charge is -2.20. The van der Waals surface area contributed by atoms with Crippen molar-refractivity contribution in [2.45, 2.75) is 71.4 Å². The lowest BCUT2D eigenvalue weighted by Crippen LogP contribution is -2.46. The van der Waals surface area contributed by atoms with Crippen LogP contribution in [0.1, 0.15) is 59.8 Å². The Morgan fingerprint density at radius 1 is 1.10 bits per heavy atom. The van der Waals surface area contributed by atoms with E-state index in [9.17, 15) is 9.59 Å². The molecule has 0 aromatic carbocycles. The number of carbonyl (C=O) groups excluding carboxylic acids is 1. The highest BCUT2D eigenvalue weighted by atomic mass is 16.4. The molecule has 0 aromatic heterocycles. The van der Waals surface area contributed by atoms with E-state index in [-0.39, 0.29) is 5.54 Å². The Kier molecular flexibility index (Phi) is 9.78. The van der Waals surface area contributed by atoms with Gasteiger partial charge in [0.2, 0.25) is 0 Å². The van der Waals surface area contributed by atoms with Gasteiger partial charge in [-0.25, -0.2) is 9.59 Å². The molecule has 0 aliphatic rings. The zero-order chi connectivity index (χ0) is 16.3. The number of unbranched alkanes of at least 4 members (excludes halogenated alkanes) is 2. The van der Waals surface area contributed by atoms with Gasteiger partial charge in [0.15, 0.2) is 0 Å². The maximum atomic E-state index is 11.6. The molecule has 0 fully saturated rings. The first-order valence-corrected chi connectivity index (χ1v) is 7.78. The fourth-order valence-corrected chi connectivity index (χ4v) is 1.85. The van der Waals surface area contributed by atoms with Gasteiger partial charge in [-0.05, 0) is 46.6 Å². The molecule has 0 aliphatic carbocycles. The average molecular weight is 301 g/mol. The van der Waals surface area contributed by atoms with Crippen LogP contribution in [0.15, 0.2) is 0 Å². The Morgan fingerprint density at radius 2 is 1.71 bits per heavy atom. The molecular formula is C15H31N3O3. The van der Waals surface area contributed by atoms with Crippen molar-refractivity contribution in [1.29, 1.82) is 0 Å². The number of rotatable bonds is 10. The summed E-state index contributed by atoms with van der Waals surface area (Å²) in [6, 6.07) is -1.20. The third kappa shape index (κ3) is 12.2. The van der Waals surface area contributed by atoms with Crippen LogP contribution in [0.4, 0.5) is 4.79 Å². The molecule has 1 atom stereocenters. The van der Waals surface area contributed by atoms with E-state index in [2.05, 4.69) is 36.7 Å². The zero-order valence-electron chi connectivity index (χ0n) is 13.8. The molecule has 21 heavy (non-hydrogen) atoms. The molecule has 0 aliphatic heterocycles. The largest absolute Gasteiger partial charge is 0.480 e. The summed E-state index contributed by atoms with van der Waals surface area (Å²) >= 11 is 0. The van der Waals surface area contributed by atoms with Crippen LogP contribution >= 0.6 is 0 Å². The van der Waals surface area contributed by atoms with Gasteiger partial charge in [-0.15, -0.1) is 0 Å². The molecule has 0 heterocycles. The van der Waals surface area contributed by atoms with Crippen molar-refractivity contribution in [1.82, 2.24) is 16.0 Å². The van der Waals surface area contributed by atoms with Gasteiger partial charge in [-0.3, -0.25) is 0 Å². The van der Waals surface area contributed by atoms with Gasteiger partial charge in [0, 0.05) is 12.1 Å². The highest BCUT2D eigenvalue weighted by molar-refractivity contribution is 5.82. The van der Waals surface area contributed by atoms with Crippen LogP contribution in [-0.2, 0) is 4.79 Å². The Morgan fingerprint density at radius 3 is 2.24 bits per heavy atom. The van der Waals surface area contributed by atoms with E-state index in [0.29, 0.717) is 13.0 Å². The van der Waals surface area contributed by atoms with Gasteiger partial charge < -0.3 is 21.1 Å². The van der Waals surface area contributed by atoms with Gasteiger partial charge in [0.1, 0.15) is 6.04 Å². The maximum Gasteiger partial charge on any atom is 0.326 e. The predicted molar refractivity (Wildman–Crippen MR) is 84.5 cm³/mol. The normalized spacial score (nSPS) is 12.8. The fraction of sp³-hybridized carbons (Fsp3) is 0.867. The van der Waals surface area contributed by atoms with E-state index < -0.39 is 18.0 Å². The second-order valence-electron chi connectivity index (χ2n) is 6.32. The summed E-state index contributed by atoms with van der Waals surface area (Å²) in [5.74, 6) is -0.986. The number of hydrogen-bond acceptors (Lipinski definition) is 3. The Hall–Kier alpha value is -1.30. The second-order valence-corrected chi connectivity index (χ2v) is 6.32. The average Bonchev–Trinajstić information content (AvgIpc) is 2.35. The maximum absolute atomic E-state index is 11.6. The molecule has 6 heteroatoms. The van der Waals surface area contributed by atoms with Gasteiger partial charge in [-0.2, -0.15) is 0 Å². The predicted octanol–water partition coefficient (Wildman–Crippen LogP) is 2.10. The summed E-state index contributed by atoms with van der Waals surface area (Å²) in [7, 11) is 0. The molecule has 124 valence electrons. The lowest BCUT2D eigenvalue weighted by atomic mass is 10.1.